The van der Waals surface area contributed by atoms with E-state index in [9.17, 15) is 33.6 Å². The van der Waals surface area contributed by atoms with E-state index >= 15 is 0 Å². The molecule has 0 radical (unpaired) electrons. The average molecular weight is 1600 g/mol. The van der Waals surface area contributed by atoms with E-state index in [1.54, 1.807) is 0 Å². The largest absolute Gasteiger partial charge is 0.389 e. The van der Waals surface area contributed by atoms with Crippen LogP contribution in [0.5, 0.6) is 0 Å². The number of carbonyl (C=O) groups is 7. The minimum absolute atomic E-state index is 0. The van der Waals surface area contributed by atoms with Gasteiger partial charge in [-0.2, -0.15) is 0 Å². The molecular weight excluding hydrogens is 1410 g/mol. The molecule has 664 valence electrons. The molecule has 16 nitrogen and oxygen atoms in total. The van der Waals surface area contributed by atoms with Gasteiger partial charge in [-0.1, -0.05) is 316 Å². The molecule has 7 amide bonds. The molecule has 0 saturated carbocycles. The van der Waals surface area contributed by atoms with Crippen LogP contribution >= 0.6 is 11.8 Å². The van der Waals surface area contributed by atoms with Crippen LogP contribution in [0.2, 0.25) is 0 Å². The molecule has 8 unspecified atom stereocenters. The quantitative estimate of drug-likeness (QED) is 0.112. The van der Waals surface area contributed by atoms with Crippen LogP contribution in [-0.2, 0) is 33.6 Å². The lowest BCUT2D eigenvalue weighted by molar-refractivity contribution is -0.128. The van der Waals surface area contributed by atoms with Crippen molar-refractivity contribution in [2.24, 2.45) is 94.7 Å². The summed E-state index contributed by atoms with van der Waals surface area (Å²) >= 11 is 1.87. The number of hydrogen-bond acceptors (Lipinski definition) is 10. The van der Waals surface area contributed by atoms with E-state index in [0.717, 1.165) is 154 Å². The maximum absolute atomic E-state index is 11.3. The second-order valence-corrected chi connectivity index (χ2v) is 30.8. The van der Waals surface area contributed by atoms with E-state index in [-0.39, 0.29) is 84.3 Å². The lowest BCUT2D eigenvalue weighted by atomic mass is 9.87. The van der Waals surface area contributed by atoms with Gasteiger partial charge in [0, 0.05) is 102 Å². The van der Waals surface area contributed by atoms with Crippen molar-refractivity contribution in [3.05, 3.63) is 97.4 Å². The van der Waals surface area contributed by atoms with Crippen LogP contribution in [0.4, 0.5) is 0 Å². The number of hydrogen-bond donors (Lipinski definition) is 9. The van der Waals surface area contributed by atoms with Crippen molar-refractivity contribution in [1.82, 2.24) is 47.9 Å². The molecule has 0 aliphatic carbocycles. The van der Waals surface area contributed by atoms with E-state index in [0.29, 0.717) is 41.2 Å². The Labute approximate surface area is 701 Å². The molecule has 8 saturated heterocycles. The van der Waals surface area contributed by atoms with E-state index in [1.165, 1.54) is 18.5 Å². The molecular formula is C95H191N9O7S. The molecule has 9 aliphatic rings. The maximum Gasteiger partial charge on any atom is 0.231 e. The van der Waals surface area contributed by atoms with Crippen LogP contribution in [0, 0.1) is 94.7 Å². The monoisotopic (exact) mass is 1600 g/mol. The number of thioether (sulfide) groups is 1. The van der Waals surface area contributed by atoms with Gasteiger partial charge >= 0.3 is 0 Å². The number of carbonyl (C=O) groups excluding carboxylic acids is 7. The van der Waals surface area contributed by atoms with Crippen molar-refractivity contribution in [2.75, 3.05) is 26.2 Å². The number of allylic oxidation sites excluding steroid dienone is 6. The standard InChI is InChI=1S/3C9H15NO.C9H13NO.C9H17N.C8H13NO.C8H15NO.C7H13NS.C4H7NO.C4H10.9C2H6.CH4/c4*1-6(2)8-5-4-7(3)10-9(8)11;1-7(2)9-5-4-8(3)10-6-9;1-5(2)7-4-6(3)9-8(7)10;1-6(2)7-4-3-5-9-8(7)10;1-5(2)7-4-8-6(3)9-7;6-4-2-1-3-5-4;1-4(2)3;9*1-2;/h3*6,8H,3-5H2,1-2H3,(H,10,11);4-6,8H,3H2,1-2H3,(H,10,11);7,9-10H,3-6H2,1-2H3;5,7H,3-4H2,1-2H3,(H,9,10);6-7H,3-5H2,1-2H3,(H,9,10);5,7-8H,3-4H2,1-2H3;1-3H2,(H,5,6);4H,1-3H3;9*1-2H3;1H4. The minimum atomic E-state index is 0. The van der Waals surface area contributed by atoms with Crippen LogP contribution in [0.25, 0.3) is 0 Å². The van der Waals surface area contributed by atoms with Crippen LogP contribution in [0.15, 0.2) is 97.4 Å². The van der Waals surface area contributed by atoms with Gasteiger partial charge in [-0.25, -0.2) is 0 Å². The molecule has 17 heteroatoms. The molecule has 9 aliphatic heterocycles. The number of nitrogens with one attached hydrogen (secondary N) is 9. The molecule has 0 aromatic heterocycles. The van der Waals surface area contributed by atoms with E-state index in [2.05, 4.69) is 212 Å². The van der Waals surface area contributed by atoms with Crippen molar-refractivity contribution in [2.45, 2.75) is 352 Å². The van der Waals surface area contributed by atoms with Crippen LogP contribution < -0.4 is 47.9 Å². The van der Waals surface area contributed by atoms with E-state index < -0.39 is 0 Å². The summed E-state index contributed by atoms with van der Waals surface area (Å²) in [6, 6.07) is 0. The van der Waals surface area contributed by atoms with Gasteiger partial charge < -0.3 is 47.9 Å². The molecule has 9 rings (SSSR count). The third kappa shape index (κ3) is 68.6. The predicted molar refractivity (Wildman–Crippen MR) is 500 cm³/mol. The maximum atomic E-state index is 11.3. The van der Waals surface area contributed by atoms with E-state index in [4.69, 9.17) is 0 Å². The first-order valence-corrected chi connectivity index (χ1v) is 44.8. The van der Waals surface area contributed by atoms with Gasteiger partial charge in [0.2, 0.25) is 41.4 Å². The molecule has 8 atom stereocenters. The molecule has 0 bridgehead atoms. The predicted octanol–water partition coefficient (Wildman–Crippen LogP) is 24.4. The summed E-state index contributed by atoms with van der Waals surface area (Å²) in [5.41, 5.74) is 5.37. The highest BCUT2D eigenvalue weighted by molar-refractivity contribution is 8.03. The second kappa shape index (κ2) is 84.6. The third-order valence-electron chi connectivity index (χ3n) is 17.3. The summed E-state index contributed by atoms with van der Waals surface area (Å²) in [4.78, 5) is 77.4. The first-order valence-electron chi connectivity index (χ1n) is 44.0. The SMILES string of the molecule is C.C=C1C=CC(C(C)C)C(=O)N1.C=C1CC(C(C)C)C(=O)N1.C=C1CCC(C(C)C)C(=O)N1.C=C1CCC(C(C)C)C(=O)N1.C=C1CCC(C(C)C)C(=O)N1.C=C1CCC(C(C)C)CN1.C=C1NCC(C(C)C)S1.CC.CC.CC.CC.CC.CC.CC.CC.CC.CC(C)C.CC(C)C1CCCNC1=O.O=C1CCCN1. The molecule has 0 aromatic rings. The van der Waals surface area contributed by atoms with E-state index in [1.807, 2.05) is 162 Å². The first kappa shape index (κ1) is 130. The summed E-state index contributed by atoms with van der Waals surface area (Å²) in [5.74, 6) is 8.05. The van der Waals surface area contributed by atoms with Crippen molar-refractivity contribution in [3.8, 4) is 0 Å². The fraction of sp³-hybridized carbons (Fsp3) is 0.758. The number of amides is 7. The Morgan fingerprint density at radius 3 is 0.875 bits per heavy atom. The van der Waals surface area contributed by atoms with Gasteiger partial charge in [0.25, 0.3) is 0 Å². The van der Waals surface area contributed by atoms with Crippen molar-refractivity contribution >= 4 is 53.1 Å². The first-order chi connectivity index (χ1) is 52.3. The average Bonchev–Trinajstić information content (AvgIpc) is 1.86. The fourth-order valence-corrected chi connectivity index (χ4v) is 11.8. The molecule has 9 heterocycles. The molecule has 8 fully saturated rings. The Balaban J connectivity index is -0.000000110. The fourth-order valence-electron chi connectivity index (χ4n) is 10.9. The van der Waals surface area contributed by atoms with Crippen LogP contribution in [-0.4, -0.2) is 72.8 Å². The molecule has 0 aromatic carbocycles. The zero-order chi connectivity index (χ0) is 89.4. The Morgan fingerprint density at radius 2 is 0.670 bits per heavy atom. The van der Waals surface area contributed by atoms with Gasteiger partial charge in [0.1, 0.15) is 0 Å². The number of rotatable bonds is 8. The number of piperidine rings is 5. The summed E-state index contributed by atoms with van der Waals surface area (Å²) in [5, 5.41) is 27.7. The Kier molecular flexibility index (Phi) is 97.9. The van der Waals surface area contributed by atoms with Crippen molar-refractivity contribution < 1.29 is 33.6 Å². The Hall–Kier alpha value is -5.84. The summed E-state index contributed by atoms with van der Waals surface area (Å²) in [6.07, 6.45) is 16.8. The van der Waals surface area contributed by atoms with Gasteiger partial charge in [0.05, 0.1) is 10.9 Å². The summed E-state index contributed by atoms with van der Waals surface area (Å²) in [6.45, 7) is 107. The lowest BCUT2D eigenvalue weighted by Crippen LogP contribution is -2.38. The minimum Gasteiger partial charge on any atom is -0.389 e. The normalized spacial score (nSPS) is 21.1. The lowest BCUT2D eigenvalue weighted by Gasteiger charge is -2.27. The summed E-state index contributed by atoms with van der Waals surface area (Å²) < 4.78 is 0. The Bertz CT molecular complexity index is 2360. The summed E-state index contributed by atoms with van der Waals surface area (Å²) in [7, 11) is 0. The smallest absolute Gasteiger partial charge is 0.231 e. The second-order valence-electron chi connectivity index (χ2n) is 29.4. The van der Waals surface area contributed by atoms with Crippen molar-refractivity contribution in [3.63, 3.8) is 0 Å². The highest BCUT2D eigenvalue weighted by Crippen LogP contribution is 2.30. The highest BCUT2D eigenvalue weighted by atomic mass is 32.2. The zero-order valence-electron chi connectivity index (χ0n) is 79.7. The van der Waals surface area contributed by atoms with Gasteiger partial charge in [-0.05, 0) is 142 Å². The van der Waals surface area contributed by atoms with Gasteiger partial charge in [-0.15, -0.1) is 11.8 Å². The molecule has 9 N–H and O–H groups in total. The van der Waals surface area contributed by atoms with Crippen LogP contribution in [0.3, 0.4) is 0 Å². The molecule has 0 spiro atoms. The Morgan fingerprint density at radius 1 is 0.330 bits per heavy atom. The molecule has 112 heavy (non-hydrogen) atoms. The highest BCUT2D eigenvalue weighted by Gasteiger charge is 2.31. The topological polar surface area (TPSA) is 228 Å². The van der Waals surface area contributed by atoms with Gasteiger partial charge in [0.15, 0.2) is 0 Å². The third-order valence-corrected chi connectivity index (χ3v) is 18.7. The van der Waals surface area contributed by atoms with Gasteiger partial charge in [-0.3, -0.25) is 33.6 Å². The van der Waals surface area contributed by atoms with Crippen molar-refractivity contribution in [1.29, 1.82) is 0 Å². The van der Waals surface area contributed by atoms with Crippen LogP contribution in [0.1, 0.15) is 347 Å². The zero-order valence-corrected chi connectivity index (χ0v) is 80.5.